The SMILES string of the molecule is B.CCN.F.F.F.F.F.F. The van der Waals surface area contributed by atoms with Crippen molar-refractivity contribution in [3.63, 3.8) is 0 Å². The fraction of sp³-hybridized carbons (Fsp3) is 1.00. The highest BCUT2D eigenvalue weighted by molar-refractivity contribution is 5.75. The van der Waals surface area contributed by atoms with Crippen molar-refractivity contribution >= 4 is 8.41 Å². The molecule has 74 valence electrons. The van der Waals surface area contributed by atoms with Gasteiger partial charge in [0.25, 0.3) is 0 Å². The molecular formula is C2H16BF6N. The Morgan fingerprint density at radius 1 is 0.800 bits per heavy atom. The van der Waals surface area contributed by atoms with Gasteiger partial charge in [0.2, 0.25) is 0 Å². The highest BCUT2D eigenvalue weighted by atomic mass is 19.0. The van der Waals surface area contributed by atoms with Crippen LogP contribution in [-0.4, -0.2) is 15.0 Å². The summed E-state index contributed by atoms with van der Waals surface area (Å²) in [6.07, 6.45) is 0. The van der Waals surface area contributed by atoms with E-state index in [0.29, 0.717) is 0 Å². The number of hydrogen-bond acceptors (Lipinski definition) is 1. The van der Waals surface area contributed by atoms with Crippen molar-refractivity contribution in [3.8, 4) is 0 Å². The van der Waals surface area contributed by atoms with Crippen LogP contribution in [0.5, 0.6) is 0 Å². The van der Waals surface area contributed by atoms with Crippen molar-refractivity contribution < 1.29 is 28.2 Å². The summed E-state index contributed by atoms with van der Waals surface area (Å²) in [5.41, 5.74) is 4.85. The van der Waals surface area contributed by atoms with Crippen molar-refractivity contribution in [2.75, 3.05) is 6.54 Å². The maximum Gasteiger partial charge on any atom is 0.0814 e. The van der Waals surface area contributed by atoms with Crippen LogP contribution in [0.2, 0.25) is 0 Å². The van der Waals surface area contributed by atoms with E-state index < -0.39 is 0 Å². The average Bonchev–Trinajstić information content (AvgIpc) is 0.918. The minimum atomic E-state index is 0. The minimum absolute atomic E-state index is 0. The van der Waals surface area contributed by atoms with Crippen LogP contribution in [0.1, 0.15) is 6.92 Å². The molecule has 0 rings (SSSR count). The lowest BCUT2D eigenvalue weighted by Gasteiger charge is -1.53. The maximum atomic E-state index is 4.85. The lowest BCUT2D eigenvalue weighted by Crippen LogP contribution is -1.87. The van der Waals surface area contributed by atoms with Gasteiger partial charge in [-0.05, 0) is 6.54 Å². The standard InChI is InChI=1S/C2H7N.BH3.6FH/c1-2-3;;;;;;;/h2-3H2,1H3;1H3;6*1H. The van der Waals surface area contributed by atoms with Crippen molar-refractivity contribution in [2.24, 2.45) is 5.73 Å². The van der Waals surface area contributed by atoms with Gasteiger partial charge in [0.05, 0.1) is 8.41 Å². The van der Waals surface area contributed by atoms with E-state index in [0.717, 1.165) is 6.54 Å². The Balaban J connectivity index is -0.000000000952. The molecular weight excluding hydrogens is 163 g/mol. The molecule has 0 aromatic carbocycles. The van der Waals surface area contributed by atoms with Gasteiger partial charge in [-0.15, -0.1) is 0 Å². The Kier molecular flexibility index (Phi) is 37500. The van der Waals surface area contributed by atoms with Gasteiger partial charge in [-0.3, -0.25) is 28.2 Å². The summed E-state index contributed by atoms with van der Waals surface area (Å²) in [6.45, 7) is 2.65. The molecule has 0 aliphatic heterocycles. The number of halogens is 6. The van der Waals surface area contributed by atoms with Crippen LogP contribution in [0.3, 0.4) is 0 Å². The predicted octanol–water partition coefficient (Wildman–Crippen LogP) is -0.304. The zero-order valence-corrected chi connectivity index (χ0v) is 4.73. The lowest BCUT2D eigenvalue weighted by atomic mass is 10.8. The second-order valence-corrected chi connectivity index (χ2v) is 0.408. The van der Waals surface area contributed by atoms with E-state index in [1.54, 1.807) is 0 Å². The quantitative estimate of drug-likeness (QED) is 0.400. The molecule has 0 heterocycles. The second kappa shape index (κ2) is 1360. The molecule has 10 heavy (non-hydrogen) atoms. The highest BCUT2D eigenvalue weighted by Gasteiger charge is 1.32. The summed E-state index contributed by atoms with van der Waals surface area (Å²) in [7, 11) is 0. The monoisotopic (exact) mass is 179 g/mol. The van der Waals surface area contributed by atoms with E-state index in [2.05, 4.69) is 0 Å². The Morgan fingerprint density at radius 3 is 0.800 bits per heavy atom. The summed E-state index contributed by atoms with van der Waals surface area (Å²) >= 11 is 0. The third kappa shape index (κ3) is 2130. The maximum absolute atomic E-state index is 4.85. The molecule has 0 amide bonds. The van der Waals surface area contributed by atoms with Crippen molar-refractivity contribution in [1.29, 1.82) is 0 Å². The van der Waals surface area contributed by atoms with Gasteiger partial charge in [-0.25, -0.2) is 0 Å². The van der Waals surface area contributed by atoms with Crippen LogP contribution in [-0.2, 0) is 0 Å². The first-order valence-corrected chi connectivity index (χ1v) is 1.12. The van der Waals surface area contributed by atoms with Gasteiger partial charge in [-0.2, -0.15) is 0 Å². The van der Waals surface area contributed by atoms with Gasteiger partial charge in [0, 0.05) is 0 Å². The molecule has 0 bridgehead atoms. The Hall–Kier alpha value is -0.395. The minimum Gasteiger partial charge on any atom is -0.331 e. The molecule has 2 N–H and O–H groups in total. The zero-order valence-electron chi connectivity index (χ0n) is 4.73. The van der Waals surface area contributed by atoms with Crippen LogP contribution in [0, 0.1) is 0 Å². The Bertz CT molecular complexity index is 15.7. The Labute approximate surface area is 57.1 Å². The number of nitrogens with two attached hydrogens (primary N) is 1. The third-order valence-corrected chi connectivity index (χ3v) is 0. The summed E-state index contributed by atoms with van der Waals surface area (Å²) in [5.74, 6) is 0. The summed E-state index contributed by atoms with van der Waals surface area (Å²) in [4.78, 5) is 0. The van der Waals surface area contributed by atoms with Crippen molar-refractivity contribution in [2.45, 2.75) is 6.92 Å². The van der Waals surface area contributed by atoms with E-state index in [1.165, 1.54) is 0 Å². The molecule has 0 saturated heterocycles. The first-order chi connectivity index (χ1) is 1.41. The predicted molar refractivity (Wildman–Crippen MR) is 39.7 cm³/mol. The number of hydrogen-bond donors (Lipinski definition) is 1. The third-order valence-electron chi connectivity index (χ3n) is 0. The number of rotatable bonds is 0. The largest absolute Gasteiger partial charge is 0.331 e. The summed E-state index contributed by atoms with van der Waals surface area (Å²) in [6, 6.07) is 0. The van der Waals surface area contributed by atoms with Gasteiger partial charge in [-0.1, -0.05) is 6.92 Å². The van der Waals surface area contributed by atoms with E-state index in [4.69, 9.17) is 5.73 Å². The lowest BCUT2D eigenvalue weighted by molar-refractivity contribution is 1.11. The van der Waals surface area contributed by atoms with Crippen LogP contribution in [0.15, 0.2) is 0 Å². The average molecular weight is 179 g/mol. The second-order valence-electron chi connectivity index (χ2n) is 0.408. The van der Waals surface area contributed by atoms with Crippen molar-refractivity contribution in [1.82, 2.24) is 0 Å². The van der Waals surface area contributed by atoms with Crippen LogP contribution in [0.4, 0.5) is 28.2 Å². The van der Waals surface area contributed by atoms with Gasteiger partial charge >= 0.3 is 0 Å². The highest BCUT2D eigenvalue weighted by Crippen LogP contribution is 1.20. The van der Waals surface area contributed by atoms with Crippen LogP contribution >= 0.6 is 0 Å². The van der Waals surface area contributed by atoms with E-state index in [1.807, 2.05) is 6.92 Å². The molecule has 0 aromatic heterocycles. The molecule has 0 aliphatic carbocycles. The topological polar surface area (TPSA) is 26.0 Å². The van der Waals surface area contributed by atoms with E-state index in [-0.39, 0.29) is 36.6 Å². The van der Waals surface area contributed by atoms with Crippen LogP contribution in [0.25, 0.3) is 0 Å². The first kappa shape index (κ1) is 276. The van der Waals surface area contributed by atoms with Gasteiger partial charge < -0.3 is 5.73 Å². The molecule has 0 saturated carbocycles. The zero-order chi connectivity index (χ0) is 2.71. The van der Waals surface area contributed by atoms with Gasteiger partial charge in [0.15, 0.2) is 0 Å². The molecule has 8 heteroatoms. The Morgan fingerprint density at radius 2 is 0.800 bits per heavy atom. The molecule has 0 atom stereocenters. The molecule has 0 unspecified atom stereocenters. The molecule has 0 fully saturated rings. The molecule has 0 spiro atoms. The molecule has 0 aliphatic rings. The van der Waals surface area contributed by atoms with Crippen molar-refractivity contribution in [3.05, 3.63) is 0 Å². The smallest absolute Gasteiger partial charge is 0.0814 e. The van der Waals surface area contributed by atoms with E-state index >= 15 is 0 Å². The first-order valence-electron chi connectivity index (χ1n) is 1.12. The summed E-state index contributed by atoms with van der Waals surface area (Å²) < 4.78 is 0. The van der Waals surface area contributed by atoms with E-state index in [9.17, 15) is 0 Å². The summed E-state index contributed by atoms with van der Waals surface area (Å²) in [5, 5.41) is 0. The molecule has 0 radical (unpaired) electrons. The molecule has 0 aromatic rings. The fourth-order valence-corrected chi connectivity index (χ4v) is 0. The molecule has 1 nitrogen and oxygen atoms in total. The van der Waals surface area contributed by atoms with Crippen LogP contribution < -0.4 is 5.73 Å². The van der Waals surface area contributed by atoms with Gasteiger partial charge in [0.1, 0.15) is 0 Å². The fourth-order valence-electron chi connectivity index (χ4n) is 0. The normalized spacial score (nSPS) is 1.80.